The molecule has 0 radical (unpaired) electrons. The number of carbonyl (C=O) groups excluding carboxylic acids is 2. The number of nitrogens with one attached hydrogen (secondary N) is 1. The van der Waals surface area contributed by atoms with Gasteiger partial charge in [0.15, 0.2) is 5.78 Å². The number of Topliss-reactive ketones (excluding diaryl/α,β-unsaturated/α-hetero) is 2. The molecule has 0 saturated carbocycles. The fourth-order valence-electron chi connectivity index (χ4n) is 3.42. The van der Waals surface area contributed by atoms with E-state index in [-0.39, 0.29) is 18.2 Å². The number of ketones is 2. The Balaban J connectivity index is 1.57. The SMILES string of the molecule is CC1=C(NCCCCCCCCCCOS(C)(=O)=O)C(=O)c2ccccc2C1=O. The van der Waals surface area contributed by atoms with Crippen LogP contribution in [-0.2, 0) is 14.3 Å². The first-order valence-electron chi connectivity index (χ1n) is 10.3. The second-order valence-corrected chi connectivity index (χ2v) is 9.13. The van der Waals surface area contributed by atoms with Crippen molar-refractivity contribution in [2.75, 3.05) is 19.4 Å². The molecule has 0 heterocycles. The maximum Gasteiger partial charge on any atom is 0.264 e. The van der Waals surface area contributed by atoms with Gasteiger partial charge < -0.3 is 5.32 Å². The molecule has 29 heavy (non-hydrogen) atoms. The lowest BCUT2D eigenvalue weighted by molar-refractivity contribution is 0.0968. The van der Waals surface area contributed by atoms with Crippen LogP contribution in [0.4, 0.5) is 0 Å². The van der Waals surface area contributed by atoms with Crippen molar-refractivity contribution in [1.29, 1.82) is 0 Å². The van der Waals surface area contributed by atoms with E-state index in [4.69, 9.17) is 4.18 Å². The van der Waals surface area contributed by atoms with Crippen LogP contribution in [0.3, 0.4) is 0 Å². The molecule has 0 saturated heterocycles. The minimum Gasteiger partial charge on any atom is -0.382 e. The molecule has 0 amide bonds. The monoisotopic (exact) mass is 421 g/mol. The van der Waals surface area contributed by atoms with E-state index in [2.05, 4.69) is 5.32 Å². The highest BCUT2D eigenvalue weighted by atomic mass is 32.2. The third-order valence-electron chi connectivity index (χ3n) is 5.03. The van der Waals surface area contributed by atoms with Crippen molar-refractivity contribution in [2.24, 2.45) is 0 Å². The minimum absolute atomic E-state index is 0.0790. The van der Waals surface area contributed by atoms with Crippen molar-refractivity contribution in [3.8, 4) is 0 Å². The van der Waals surface area contributed by atoms with E-state index in [1.165, 1.54) is 0 Å². The second-order valence-electron chi connectivity index (χ2n) is 7.49. The van der Waals surface area contributed by atoms with Crippen LogP contribution in [0, 0.1) is 0 Å². The van der Waals surface area contributed by atoms with Gasteiger partial charge in [-0.1, -0.05) is 62.8 Å². The van der Waals surface area contributed by atoms with Gasteiger partial charge in [0.05, 0.1) is 18.6 Å². The average Bonchev–Trinajstić information content (AvgIpc) is 2.68. The lowest BCUT2D eigenvalue weighted by atomic mass is 9.88. The van der Waals surface area contributed by atoms with Crippen LogP contribution in [-0.4, -0.2) is 39.4 Å². The Kier molecular flexibility index (Phi) is 9.04. The highest BCUT2D eigenvalue weighted by Crippen LogP contribution is 2.24. The van der Waals surface area contributed by atoms with E-state index in [1.807, 2.05) is 0 Å². The van der Waals surface area contributed by atoms with E-state index in [0.29, 0.717) is 28.9 Å². The van der Waals surface area contributed by atoms with Gasteiger partial charge in [0.25, 0.3) is 10.1 Å². The number of fused-ring (bicyclic) bond motifs is 1. The lowest BCUT2D eigenvalue weighted by Gasteiger charge is -2.20. The third-order valence-corrected chi connectivity index (χ3v) is 5.62. The van der Waals surface area contributed by atoms with Gasteiger partial charge in [0, 0.05) is 23.2 Å². The van der Waals surface area contributed by atoms with Crippen LogP contribution in [0.1, 0.15) is 79.0 Å². The summed E-state index contributed by atoms with van der Waals surface area (Å²) in [4.78, 5) is 25.1. The van der Waals surface area contributed by atoms with Crippen LogP contribution in [0.15, 0.2) is 35.5 Å². The molecule has 0 unspecified atom stereocenters. The maximum absolute atomic E-state index is 12.6. The van der Waals surface area contributed by atoms with Crippen LogP contribution >= 0.6 is 0 Å². The van der Waals surface area contributed by atoms with Gasteiger partial charge >= 0.3 is 0 Å². The fraction of sp³-hybridized carbons (Fsp3) is 0.545. The predicted octanol–water partition coefficient (Wildman–Crippen LogP) is 4.03. The van der Waals surface area contributed by atoms with E-state index in [9.17, 15) is 18.0 Å². The molecule has 0 atom stereocenters. The van der Waals surface area contributed by atoms with Crippen molar-refractivity contribution in [3.05, 3.63) is 46.7 Å². The molecule has 0 spiro atoms. The summed E-state index contributed by atoms with van der Waals surface area (Å²) in [7, 11) is -3.32. The van der Waals surface area contributed by atoms with Crippen molar-refractivity contribution in [2.45, 2.75) is 58.3 Å². The zero-order valence-corrected chi connectivity index (χ0v) is 18.1. The van der Waals surface area contributed by atoms with Crippen LogP contribution in [0.2, 0.25) is 0 Å². The van der Waals surface area contributed by atoms with Gasteiger partial charge in [-0.2, -0.15) is 8.42 Å². The third kappa shape index (κ3) is 7.40. The zero-order chi connectivity index (χ0) is 21.3. The highest BCUT2D eigenvalue weighted by molar-refractivity contribution is 7.85. The van der Waals surface area contributed by atoms with E-state index < -0.39 is 10.1 Å². The first-order chi connectivity index (χ1) is 13.8. The highest BCUT2D eigenvalue weighted by Gasteiger charge is 2.29. The van der Waals surface area contributed by atoms with Crippen molar-refractivity contribution in [3.63, 3.8) is 0 Å². The Morgan fingerprint density at radius 3 is 1.93 bits per heavy atom. The predicted molar refractivity (Wildman–Crippen MR) is 114 cm³/mol. The molecular formula is C22H31NO5S. The summed E-state index contributed by atoms with van der Waals surface area (Å²) in [6.45, 7) is 2.65. The Hall–Kier alpha value is -1.99. The lowest BCUT2D eigenvalue weighted by Crippen LogP contribution is -2.30. The Morgan fingerprint density at radius 1 is 0.828 bits per heavy atom. The van der Waals surface area contributed by atoms with Crippen molar-refractivity contribution < 1.29 is 22.2 Å². The van der Waals surface area contributed by atoms with E-state index in [0.717, 1.165) is 57.6 Å². The maximum atomic E-state index is 12.6. The second kappa shape index (κ2) is 11.3. The molecule has 0 aliphatic heterocycles. The molecule has 1 N–H and O–H groups in total. The smallest absolute Gasteiger partial charge is 0.264 e. The van der Waals surface area contributed by atoms with Gasteiger partial charge in [-0.3, -0.25) is 13.8 Å². The molecule has 6 nitrogen and oxygen atoms in total. The standard InChI is InChI=1S/C22H31NO5S/c1-17-20(22(25)19-14-10-9-13-18(19)21(17)24)23-15-11-7-5-3-4-6-8-12-16-28-29(2,26)27/h9-10,13-14,23H,3-8,11-12,15-16H2,1-2H3. The Labute approximate surface area is 173 Å². The van der Waals surface area contributed by atoms with Gasteiger partial charge in [-0.15, -0.1) is 0 Å². The molecule has 2 rings (SSSR count). The molecule has 1 aliphatic carbocycles. The number of benzene rings is 1. The summed E-state index contributed by atoms with van der Waals surface area (Å²) in [5, 5.41) is 3.18. The van der Waals surface area contributed by atoms with E-state index >= 15 is 0 Å². The summed E-state index contributed by atoms with van der Waals surface area (Å²) in [5.41, 5.74) is 1.90. The van der Waals surface area contributed by atoms with Crippen LogP contribution in [0.5, 0.6) is 0 Å². The number of allylic oxidation sites excluding steroid dienone is 2. The number of carbonyl (C=O) groups is 2. The number of unbranched alkanes of at least 4 members (excludes halogenated alkanes) is 7. The number of rotatable bonds is 13. The number of hydrogen-bond donors (Lipinski definition) is 1. The normalized spacial score (nSPS) is 14.3. The van der Waals surface area contributed by atoms with Crippen molar-refractivity contribution >= 4 is 21.7 Å². The van der Waals surface area contributed by atoms with Gasteiger partial charge in [0.1, 0.15) is 0 Å². The molecule has 1 aromatic carbocycles. The summed E-state index contributed by atoms with van der Waals surface area (Å²) < 4.78 is 26.4. The molecule has 0 fully saturated rings. The largest absolute Gasteiger partial charge is 0.382 e. The summed E-state index contributed by atoms with van der Waals surface area (Å²) in [6.07, 6.45) is 9.28. The summed E-state index contributed by atoms with van der Waals surface area (Å²) in [5.74, 6) is -0.179. The quantitative estimate of drug-likeness (QED) is 0.382. The molecule has 7 heteroatoms. The van der Waals surface area contributed by atoms with Crippen molar-refractivity contribution in [1.82, 2.24) is 5.32 Å². The number of hydrogen-bond acceptors (Lipinski definition) is 6. The zero-order valence-electron chi connectivity index (χ0n) is 17.3. The van der Waals surface area contributed by atoms with Gasteiger partial charge in [-0.25, -0.2) is 0 Å². The van der Waals surface area contributed by atoms with Crippen LogP contribution < -0.4 is 5.32 Å². The van der Waals surface area contributed by atoms with Gasteiger partial charge in [0.2, 0.25) is 5.78 Å². The minimum atomic E-state index is -3.32. The van der Waals surface area contributed by atoms with Gasteiger partial charge in [-0.05, 0) is 19.8 Å². The summed E-state index contributed by atoms with van der Waals surface area (Å²) in [6, 6.07) is 6.96. The molecular weight excluding hydrogens is 390 g/mol. The summed E-state index contributed by atoms with van der Waals surface area (Å²) >= 11 is 0. The Bertz CT molecular complexity index is 858. The van der Waals surface area contributed by atoms with Crippen LogP contribution in [0.25, 0.3) is 0 Å². The fourth-order valence-corrected chi connectivity index (χ4v) is 3.84. The molecule has 1 aromatic rings. The Morgan fingerprint density at radius 2 is 1.34 bits per heavy atom. The molecule has 1 aliphatic rings. The van der Waals surface area contributed by atoms with E-state index in [1.54, 1.807) is 31.2 Å². The topological polar surface area (TPSA) is 89.5 Å². The first-order valence-corrected chi connectivity index (χ1v) is 12.1. The first kappa shape index (κ1) is 23.3. The average molecular weight is 422 g/mol. The molecule has 0 aromatic heterocycles. The molecule has 160 valence electrons. The molecule has 0 bridgehead atoms.